The SMILES string of the molecule is O=C(CCCCl)Nc1ccc(-c2cnc[nH]2)cc1. The number of halogens is 1. The van der Waals surface area contributed by atoms with Crippen LogP contribution in [0.1, 0.15) is 12.8 Å². The summed E-state index contributed by atoms with van der Waals surface area (Å²) < 4.78 is 0. The lowest BCUT2D eigenvalue weighted by atomic mass is 10.1. The number of imidazole rings is 1. The molecule has 94 valence electrons. The first-order valence-corrected chi connectivity index (χ1v) is 6.27. The van der Waals surface area contributed by atoms with Gasteiger partial charge in [-0.3, -0.25) is 4.79 Å². The van der Waals surface area contributed by atoms with E-state index in [1.807, 2.05) is 24.3 Å². The minimum absolute atomic E-state index is 0.00931. The molecule has 2 aromatic rings. The second-order valence-electron chi connectivity index (χ2n) is 3.88. The molecule has 4 nitrogen and oxygen atoms in total. The number of amides is 1. The molecule has 0 saturated carbocycles. The lowest BCUT2D eigenvalue weighted by Crippen LogP contribution is -2.11. The van der Waals surface area contributed by atoms with E-state index in [2.05, 4.69) is 15.3 Å². The molecule has 1 amide bonds. The highest BCUT2D eigenvalue weighted by atomic mass is 35.5. The van der Waals surface area contributed by atoms with Crippen molar-refractivity contribution in [2.75, 3.05) is 11.2 Å². The van der Waals surface area contributed by atoms with Crippen molar-refractivity contribution in [1.29, 1.82) is 0 Å². The highest BCUT2D eigenvalue weighted by molar-refractivity contribution is 6.18. The van der Waals surface area contributed by atoms with Crippen LogP contribution in [0.2, 0.25) is 0 Å². The highest BCUT2D eigenvalue weighted by Crippen LogP contribution is 2.18. The van der Waals surface area contributed by atoms with Gasteiger partial charge in [0.05, 0.1) is 18.2 Å². The first-order chi connectivity index (χ1) is 8.79. The Morgan fingerprint density at radius 1 is 1.33 bits per heavy atom. The van der Waals surface area contributed by atoms with Gasteiger partial charge in [0.25, 0.3) is 0 Å². The zero-order valence-corrected chi connectivity index (χ0v) is 10.6. The summed E-state index contributed by atoms with van der Waals surface area (Å²) in [5, 5.41) is 2.83. The number of carbonyl (C=O) groups is 1. The Morgan fingerprint density at radius 2 is 2.11 bits per heavy atom. The summed E-state index contributed by atoms with van der Waals surface area (Å²) in [5.74, 6) is 0.497. The minimum atomic E-state index is -0.00931. The smallest absolute Gasteiger partial charge is 0.224 e. The molecule has 0 saturated heterocycles. The van der Waals surface area contributed by atoms with Crippen LogP contribution in [0.3, 0.4) is 0 Å². The fraction of sp³-hybridized carbons (Fsp3) is 0.231. The molecule has 0 aliphatic heterocycles. The molecule has 0 aliphatic rings. The van der Waals surface area contributed by atoms with Gasteiger partial charge in [-0.1, -0.05) is 12.1 Å². The van der Waals surface area contributed by atoms with E-state index >= 15 is 0 Å². The maximum atomic E-state index is 11.5. The molecule has 0 aliphatic carbocycles. The molecular weight excluding hydrogens is 250 g/mol. The van der Waals surface area contributed by atoms with Crippen LogP contribution in [0.4, 0.5) is 5.69 Å². The quantitative estimate of drug-likeness (QED) is 0.815. The summed E-state index contributed by atoms with van der Waals surface area (Å²) in [5.41, 5.74) is 2.78. The maximum absolute atomic E-state index is 11.5. The highest BCUT2D eigenvalue weighted by Gasteiger charge is 2.03. The van der Waals surface area contributed by atoms with Gasteiger partial charge in [0.1, 0.15) is 0 Å². The third-order valence-corrected chi connectivity index (χ3v) is 2.78. The average Bonchev–Trinajstić information content (AvgIpc) is 2.91. The predicted molar refractivity (Wildman–Crippen MR) is 72.6 cm³/mol. The van der Waals surface area contributed by atoms with Gasteiger partial charge in [0.15, 0.2) is 0 Å². The number of carbonyl (C=O) groups excluding carboxylic acids is 1. The van der Waals surface area contributed by atoms with Crippen molar-refractivity contribution < 1.29 is 4.79 Å². The Balaban J connectivity index is 1.98. The normalized spacial score (nSPS) is 10.3. The van der Waals surface area contributed by atoms with E-state index in [0.717, 1.165) is 16.9 Å². The van der Waals surface area contributed by atoms with E-state index < -0.39 is 0 Å². The van der Waals surface area contributed by atoms with Crippen molar-refractivity contribution in [2.45, 2.75) is 12.8 Å². The van der Waals surface area contributed by atoms with Crippen molar-refractivity contribution in [3.8, 4) is 11.3 Å². The second kappa shape index (κ2) is 6.21. The van der Waals surface area contributed by atoms with E-state index in [-0.39, 0.29) is 5.91 Å². The average molecular weight is 264 g/mol. The van der Waals surface area contributed by atoms with Crippen LogP contribution >= 0.6 is 11.6 Å². The van der Waals surface area contributed by atoms with Gasteiger partial charge >= 0.3 is 0 Å². The van der Waals surface area contributed by atoms with E-state index in [9.17, 15) is 4.79 Å². The zero-order chi connectivity index (χ0) is 12.8. The van der Waals surface area contributed by atoms with Crippen molar-refractivity contribution in [3.63, 3.8) is 0 Å². The fourth-order valence-corrected chi connectivity index (χ4v) is 1.73. The second-order valence-corrected chi connectivity index (χ2v) is 4.26. The molecule has 0 atom stereocenters. The summed E-state index contributed by atoms with van der Waals surface area (Å²) in [4.78, 5) is 18.5. The van der Waals surface area contributed by atoms with Crippen LogP contribution in [0.25, 0.3) is 11.3 Å². The van der Waals surface area contributed by atoms with Crippen LogP contribution in [0.5, 0.6) is 0 Å². The number of anilines is 1. The van der Waals surface area contributed by atoms with E-state index in [0.29, 0.717) is 18.7 Å². The summed E-state index contributed by atoms with van der Waals surface area (Å²) in [6, 6.07) is 7.61. The lowest BCUT2D eigenvalue weighted by molar-refractivity contribution is -0.116. The van der Waals surface area contributed by atoms with Gasteiger partial charge in [0.2, 0.25) is 5.91 Å². The number of rotatable bonds is 5. The first kappa shape index (κ1) is 12.6. The van der Waals surface area contributed by atoms with Gasteiger partial charge in [-0.15, -0.1) is 11.6 Å². The Bertz CT molecular complexity index is 493. The molecule has 0 radical (unpaired) electrons. The van der Waals surface area contributed by atoms with Crippen LogP contribution in [-0.4, -0.2) is 21.8 Å². The molecule has 0 unspecified atom stereocenters. The lowest BCUT2D eigenvalue weighted by Gasteiger charge is -2.05. The van der Waals surface area contributed by atoms with Crippen LogP contribution in [-0.2, 0) is 4.79 Å². The predicted octanol–water partition coefficient (Wildman–Crippen LogP) is 3.03. The molecule has 0 bridgehead atoms. The molecule has 5 heteroatoms. The Hall–Kier alpha value is -1.81. The standard InChI is InChI=1S/C13H14ClN3O/c14-7-1-2-13(18)17-11-5-3-10(4-6-11)12-8-15-9-16-12/h3-6,8-9H,1-2,7H2,(H,15,16)(H,17,18). The number of benzene rings is 1. The summed E-state index contributed by atoms with van der Waals surface area (Å²) >= 11 is 5.54. The number of aromatic amines is 1. The fourth-order valence-electron chi connectivity index (χ4n) is 1.60. The van der Waals surface area contributed by atoms with E-state index in [1.54, 1.807) is 12.5 Å². The molecule has 1 aromatic carbocycles. The largest absolute Gasteiger partial charge is 0.345 e. The van der Waals surface area contributed by atoms with Crippen molar-refractivity contribution in [1.82, 2.24) is 9.97 Å². The number of aromatic nitrogens is 2. The summed E-state index contributed by atoms with van der Waals surface area (Å²) in [6.07, 6.45) is 4.54. The number of H-pyrrole nitrogens is 1. The number of hydrogen-bond acceptors (Lipinski definition) is 2. The number of nitrogens with one attached hydrogen (secondary N) is 2. The molecule has 0 spiro atoms. The van der Waals surface area contributed by atoms with Crippen molar-refractivity contribution in [2.24, 2.45) is 0 Å². The van der Waals surface area contributed by atoms with Gasteiger partial charge in [0, 0.05) is 18.0 Å². The van der Waals surface area contributed by atoms with Crippen molar-refractivity contribution in [3.05, 3.63) is 36.8 Å². The molecule has 2 rings (SSSR count). The van der Waals surface area contributed by atoms with Crippen LogP contribution < -0.4 is 5.32 Å². The Morgan fingerprint density at radius 3 is 2.72 bits per heavy atom. The Kier molecular flexibility index (Phi) is 4.36. The molecule has 2 N–H and O–H groups in total. The first-order valence-electron chi connectivity index (χ1n) is 5.74. The van der Waals surface area contributed by atoms with Gasteiger partial charge in [-0.2, -0.15) is 0 Å². The van der Waals surface area contributed by atoms with Gasteiger partial charge < -0.3 is 10.3 Å². The van der Waals surface area contributed by atoms with Crippen molar-refractivity contribution >= 4 is 23.2 Å². The molecule has 1 aromatic heterocycles. The third kappa shape index (κ3) is 3.34. The van der Waals surface area contributed by atoms with Gasteiger partial charge in [-0.05, 0) is 24.1 Å². The van der Waals surface area contributed by atoms with E-state index in [1.165, 1.54) is 0 Å². The van der Waals surface area contributed by atoms with E-state index in [4.69, 9.17) is 11.6 Å². The maximum Gasteiger partial charge on any atom is 0.224 e. The molecular formula is C13H14ClN3O. The molecule has 0 fully saturated rings. The monoisotopic (exact) mass is 263 g/mol. The summed E-state index contributed by atoms with van der Waals surface area (Å²) in [6.45, 7) is 0. The number of hydrogen-bond donors (Lipinski definition) is 2. The molecule has 1 heterocycles. The number of alkyl halides is 1. The van der Waals surface area contributed by atoms with Gasteiger partial charge in [-0.25, -0.2) is 4.98 Å². The van der Waals surface area contributed by atoms with Crippen LogP contribution in [0, 0.1) is 0 Å². The number of nitrogens with zero attached hydrogens (tertiary/aromatic N) is 1. The summed E-state index contributed by atoms with van der Waals surface area (Å²) in [7, 11) is 0. The topological polar surface area (TPSA) is 57.8 Å². The molecule has 18 heavy (non-hydrogen) atoms. The third-order valence-electron chi connectivity index (χ3n) is 2.52. The van der Waals surface area contributed by atoms with Crippen LogP contribution in [0.15, 0.2) is 36.8 Å². The Labute approximate surface area is 110 Å². The zero-order valence-electron chi connectivity index (χ0n) is 9.82. The minimum Gasteiger partial charge on any atom is -0.345 e.